The van der Waals surface area contributed by atoms with Gasteiger partial charge in [0.2, 0.25) is 45.6 Å². The van der Waals surface area contributed by atoms with E-state index in [0.717, 1.165) is 12.0 Å². The molecule has 3 aromatic carbocycles. The van der Waals surface area contributed by atoms with Crippen LogP contribution in [-0.2, 0) is 38.6 Å². The number of anilines is 6. The van der Waals surface area contributed by atoms with E-state index in [2.05, 4.69) is 81.4 Å². The zero-order valence-electron chi connectivity index (χ0n) is 67.7. The molecule has 10 N–H and O–H groups in total. The Morgan fingerprint density at radius 2 is 0.852 bits per heavy atom. The maximum atomic E-state index is 13.6. The molecule has 0 spiro atoms. The summed E-state index contributed by atoms with van der Waals surface area (Å²) < 4.78 is 77.2. The van der Waals surface area contributed by atoms with Crippen LogP contribution in [0, 0.1) is 0 Å². The first-order valence-corrected chi connectivity index (χ1v) is 45.1. The lowest BCUT2D eigenvalue weighted by Gasteiger charge is -2.20. The van der Waals surface area contributed by atoms with Crippen LogP contribution >= 0.6 is 91.9 Å². The van der Waals surface area contributed by atoms with Crippen LogP contribution in [0.25, 0.3) is 66.5 Å². The highest BCUT2D eigenvalue weighted by atomic mass is 35.5. The van der Waals surface area contributed by atoms with Gasteiger partial charge in [0.25, 0.3) is 0 Å². The second kappa shape index (κ2) is 42.7. The summed E-state index contributed by atoms with van der Waals surface area (Å²) in [6.45, 7) is 10.3. The van der Waals surface area contributed by atoms with Crippen molar-refractivity contribution in [2.45, 2.75) is 68.2 Å². The second-order valence-corrected chi connectivity index (χ2v) is 35.9. The van der Waals surface area contributed by atoms with Gasteiger partial charge in [-0.3, -0.25) is 14.4 Å². The Labute approximate surface area is 741 Å². The minimum atomic E-state index is -3.49. The lowest BCUT2D eigenvalue weighted by Crippen LogP contribution is -2.45. The highest BCUT2D eigenvalue weighted by Gasteiger charge is 2.35. The van der Waals surface area contributed by atoms with Crippen LogP contribution < -0.4 is 81.0 Å². The molecule has 9 heterocycles. The number of benzene rings is 3. The molecule has 42 heteroatoms. The number of hydrogen-bond acceptors (Lipinski definition) is 30. The van der Waals surface area contributed by atoms with Gasteiger partial charge in [-0.25, -0.2) is 58.0 Å². The van der Waals surface area contributed by atoms with Crippen LogP contribution in [0.4, 0.5) is 35.3 Å². The van der Waals surface area contributed by atoms with Crippen LogP contribution in [0.2, 0.25) is 30.1 Å². The smallest absolute Gasteiger partial charge is 0.244 e. The molecule has 6 aromatic heterocycles. The Balaban J connectivity index is 0.660. The number of methoxy groups -OCH3 is 6. The predicted molar refractivity (Wildman–Crippen MR) is 485 cm³/mol. The molecule has 3 aliphatic heterocycles. The Bertz CT molecular complexity index is 5520. The fourth-order valence-electron chi connectivity index (χ4n) is 13.5. The molecule has 0 radical (unpaired) electrons. The number of aromatic nitrogens is 9. The van der Waals surface area contributed by atoms with Crippen LogP contribution in [0.1, 0.15) is 26.7 Å². The lowest BCUT2D eigenvalue weighted by molar-refractivity contribution is -0.118. The summed E-state index contributed by atoms with van der Waals surface area (Å²) in [5.41, 5.74) is 3.64. The van der Waals surface area contributed by atoms with E-state index in [-0.39, 0.29) is 133 Å². The van der Waals surface area contributed by atoms with Crippen LogP contribution in [0.5, 0.6) is 34.5 Å². The first kappa shape index (κ1) is 91.7. The van der Waals surface area contributed by atoms with Gasteiger partial charge in [-0.05, 0) is 61.9 Å². The Hall–Kier alpha value is -9.54. The summed E-state index contributed by atoms with van der Waals surface area (Å²) in [7, 11) is 5.19. The fourth-order valence-corrected chi connectivity index (χ4v) is 18.4. The molecule has 9 aromatic rings. The number of carbonyl (C=O) groups is 3. The monoisotopic (exact) mass is 1850 g/mol. The molecule has 0 aliphatic carbocycles. The van der Waals surface area contributed by atoms with Crippen molar-refractivity contribution in [1.82, 2.24) is 65.5 Å². The third-order valence-electron chi connectivity index (χ3n) is 19.7. The largest absolute Gasteiger partial charge is 0.495 e. The maximum Gasteiger partial charge on any atom is 0.244 e. The summed E-state index contributed by atoms with van der Waals surface area (Å²) in [6.07, 6.45) is 15.1. The number of thioether (sulfide) groups is 1. The number of nitrogens with one attached hydrogen (secondary N) is 10. The minimum Gasteiger partial charge on any atom is -0.495 e. The van der Waals surface area contributed by atoms with E-state index in [4.69, 9.17) is 147 Å². The molecule has 2 unspecified atom stereocenters. The van der Waals surface area contributed by atoms with Gasteiger partial charge in [-0.2, -0.15) is 22.2 Å². The van der Waals surface area contributed by atoms with Gasteiger partial charge < -0.3 is 90.5 Å². The third kappa shape index (κ3) is 22.7. The van der Waals surface area contributed by atoms with Gasteiger partial charge in [0, 0.05) is 113 Å². The number of allylic oxidation sites excluding steroid dienone is 2. The Kier molecular flexibility index (Phi) is 32.1. The van der Waals surface area contributed by atoms with Gasteiger partial charge >= 0.3 is 0 Å². The van der Waals surface area contributed by atoms with E-state index in [1.807, 2.05) is 19.1 Å². The van der Waals surface area contributed by atoms with Crippen LogP contribution in [-0.4, -0.2) is 250 Å². The third-order valence-corrected chi connectivity index (χ3v) is 26.0. The first-order chi connectivity index (χ1) is 58.8. The van der Waals surface area contributed by atoms with Gasteiger partial charge in [0.05, 0.1) is 172 Å². The van der Waals surface area contributed by atoms with Gasteiger partial charge in [-0.15, -0.1) is 0 Å². The van der Waals surface area contributed by atoms with Crippen molar-refractivity contribution in [2.24, 2.45) is 0 Å². The molecule has 33 nitrogen and oxygen atoms in total. The van der Waals surface area contributed by atoms with Crippen molar-refractivity contribution >= 4 is 193 Å². The van der Waals surface area contributed by atoms with E-state index >= 15 is 0 Å². The van der Waals surface area contributed by atoms with E-state index in [1.54, 1.807) is 66.8 Å². The zero-order chi connectivity index (χ0) is 86.9. The topological polar surface area (TPSA) is 405 Å². The summed E-state index contributed by atoms with van der Waals surface area (Å²) in [5, 5.41) is 34.6. The van der Waals surface area contributed by atoms with Crippen molar-refractivity contribution in [3.8, 4) is 68.3 Å². The average Bonchev–Trinajstić information content (AvgIpc) is 0.911. The first-order valence-electron chi connectivity index (χ1n) is 38.3. The Morgan fingerprint density at radius 3 is 1.21 bits per heavy atom. The van der Waals surface area contributed by atoms with Crippen molar-refractivity contribution in [2.75, 3.05) is 164 Å². The lowest BCUT2D eigenvalue weighted by atomic mass is 10.1. The molecule has 0 saturated carbocycles. The molecule has 12 rings (SSSR count). The summed E-state index contributed by atoms with van der Waals surface area (Å²) >= 11 is 43.2. The molecule has 0 bridgehead atoms. The van der Waals surface area contributed by atoms with E-state index in [0.29, 0.717) is 169 Å². The molecule has 8 atom stereocenters. The SMILES string of the molecule is C=CC(=O)N[C@H]1COC[C@H]1Nc1ncc2cc(-c3c(Cl)c(OC)cc(OC)c3Cl)nc(NCCSC(C)C/C=C/C(=O)N[C@H]3COC[C@H]3Nc3ncc4cc(-c5c(Cl)c(OC)cc(OC)c5Cl)nc(NCC/S(=C\C)CC/C=C/C(=O)N[C@H]5COC[C@H]5Nc5ncc6cc(-c7c(Cl)c(OC)cc(OC)c7Cl)nc(NCCNS(C)(=O)=O)c6n5)c4n3)c2n1. The molecule has 3 amide bonds. The summed E-state index contributed by atoms with van der Waals surface area (Å²) in [4.78, 5) is 83.1. The normalized spacial score (nSPS) is 17.7. The average molecular weight is 1850 g/mol. The molecule has 650 valence electrons. The number of halogens is 6. The number of pyridine rings is 3. The molecule has 3 fully saturated rings. The second-order valence-electron chi connectivity index (χ2n) is 27.9. The number of hydrogen-bond donors (Lipinski definition) is 10. The van der Waals surface area contributed by atoms with Crippen LogP contribution in [0.15, 0.2) is 91.9 Å². The highest BCUT2D eigenvalue weighted by Crippen LogP contribution is 2.50. The predicted octanol–water partition coefficient (Wildman–Crippen LogP) is 12.0. The van der Waals surface area contributed by atoms with E-state index < -0.39 is 34.2 Å². The van der Waals surface area contributed by atoms with Gasteiger partial charge in [0.1, 0.15) is 51.0 Å². The number of rotatable bonds is 40. The maximum absolute atomic E-state index is 13.6. The molecular weight excluding hydrogens is 1760 g/mol. The number of amides is 3. The van der Waals surface area contributed by atoms with Crippen molar-refractivity contribution < 1.29 is 65.4 Å². The van der Waals surface area contributed by atoms with Crippen molar-refractivity contribution in [3.63, 3.8) is 0 Å². The molecule has 3 saturated heterocycles. The number of ether oxygens (including phenoxy) is 9. The number of carbonyl (C=O) groups excluding carboxylic acids is 3. The van der Waals surface area contributed by atoms with E-state index in [1.165, 1.54) is 60.9 Å². The number of nitrogens with zero attached hydrogens (tertiary/aromatic N) is 9. The minimum absolute atomic E-state index is 0.0417. The molecule has 122 heavy (non-hydrogen) atoms. The molecular formula is C80H91Cl6N19O14S3. The Morgan fingerprint density at radius 1 is 0.500 bits per heavy atom. The van der Waals surface area contributed by atoms with Crippen molar-refractivity contribution in [1.29, 1.82) is 0 Å². The van der Waals surface area contributed by atoms with Gasteiger partial charge in [-0.1, -0.05) is 101 Å². The zero-order valence-corrected chi connectivity index (χ0v) is 74.7. The molecule has 3 aliphatic rings. The summed E-state index contributed by atoms with van der Waals surface area (Å²) in [5.74, 6) is 4.99. The van der Waals surface area contributed by atoms with E-state index in [9.17, 15) is 22.8 Å². The van der Waals surface area contributed by atoms with Crippen molar-refractivity contribution in [3.05, 3.63) is 122 Å². The van der Waals surface area contributed by atoms with Gasteiger partial charge in [0.15, 0.2) is 17.5 Å². The quantitative estimate of drug-likeness (QED) is 0.00968. The fraction of sp³-hybridized carbons (Fsp3) is 0.388. The standard InChI is InChI=1S/C80H91Cl6N19O14S3/c1-11-60(106)94-48-35-117-38-51(48)100-78-91-33-43-27-46(64-68(83)56(113-6)30-57(114-7)69(64)84)98-76(73(43)104-78)88-21-23-120-41(3)16-15-18-62(108)96-50-37-119-40-53(50)102-80-92-34-44-28-47(65-70(85)58(115-8)31-59(116-9)71(65)86)99-77(74(44)105-80)89-22-25-121(12-2)24-14-13-17-61(107)95-49-36-118-39-52(49)101-79-90-32-42-26-45(63-66(81)54(111-4)29-55(112-5)67(63)82)97-75(72(42)103-79)87-19-20-93-122(10,109)110/h11-13,15,17-18,26-34,41,48-53,93H,1,14,16,19-25,35-40H2,2-10H3,(H,87,97)(H,88,98)(H,89,99)(H,94,106)(H,95,107)(H,96,108)(H,90,101,103)(H,91,100,104)(H,92,102,105)/b17-13+,18-15+/t41?,48-,49-,50-,51+,52+,53+,121?/m0/s1. The highest BCUT2D eigenvalue weighted by molar-refractivity contribution is 8.15. The number of sulfonamides is 1. The summed E-state index contributed by atoms with van der Waals surface area (Å²) in [6, 6.07) is 7.64. The van der Waals surface area contributed by atoms with Crippen LogP contribution in [0.3, 0.4) is 0 Å². The number of fused-ring (bicyclic) bond motifs is 3.